The van der Waals surface area contributed by atoms with Gasteiger partial charge in [-0.1, -0.05) is 38.1 Å². The molecule has 6 heteroatoms. The van der Waals surface area contributed by atoms with Crippen LogP contribution < -0.4 is 0 Å². The lowest BCUT2D eigenvalue weighted by Gasteiger charge is -2.25. The zero-order chi connectivity index (χ0) is 22.0. The smallest absolute Gasteiger partial charge is 0.329 e. The van der Waals surface area contributed by atoms with Crippen molar-refractivity contribution in [1.29, 1.82) is 0 Å². The lowest BCUT2D eigenvalue weighted by molar-refractivity contribution is -0.147. The second-order valence-electron chi connectivity index (χ2n) is 8.00. The maximum absolute atomic E-state index is 12.8. The average Bonchev–Trinajstić information content (AvgIpc) is 2.96. The highest BCUT2D eigenvalue weighted by Gasteiger charge is 2.43. The fraction of sp³-hybridized carbons (Fsp3) is 0.333. The summed E-state index contributed by atoms with van der Waals surface area (Å²) in [4.78, 5) is 51.9. The fourth-order valence-corrected chi connectivity index (χ4v) is 3.48. The van der Waals surface area contributed by atoms with E-state index >= 15 is 0 Å². The van der Waals surface area contributed by atoms with Crippen LogP contribution in [0.2, 0.25) is 0 Å². The number of rotatable bonds is 7. The van der Waals surface area contributed by atoms with Crippen LogP contribution in [0.25, 0.3) is 0 Å². The van der Waals surface area contributed by atoms with Crippen molar-refractivity contribution in [2.75, 3.05) is 6.61 Å². The van der Waals surface area contributed by atoms with E-state index in [1.54, 1.807) is 36.4 Å². The molecule has 156 valence electrons. The first-order valence-corrected chi connectivity index (χ1v) is 9.94. The molecule has 1 unspecified atom stereocenters. The number of hydrogen-bond donors (Lipinski definition) is 0. The lowest BCUT2D eigenvalue weighted by Crippen LogP contribution is -2.46. The van der Waals surface area contributed by atoms with E-state index in [1.165, 1.54) is 0 Å². The number of hydrogen-bond acceptors (Lipinski definition) is 5. The number of esters is 1. The third-order valence-corrected chi connectivity index (χ3v) is 5.28. The van der Waals surface area contributed by atoms with Crippen molar-refractivity contribution in [1.82, 2.24) is 4.90 Å². The molecule has 2 aromatic carbocycles. The molecule has 3 rings (SSSR count). The summed E-state index contributed by atoms with van der Waals surface area (Å²) in [5, 5.41) is 0. The molecule has 0 aliphatic carbocycles. The van der Waals surface area contributed by atoms with Crippen molar-refractivity contribution in [2.45, 2.75) is 40.2 Å². The van der Waals surface area contributed by atoms with Crippen LogP contribution in [0, 0.1) is 19.8 Å². The summed E-state index contributed by atoms with van der Waals surface area (Å²) in [5.74, 6) is -2.09. The number of carbonyl (C=O) groups is 4. The number of imide groups is 1. The summed E-state index contributed by atoms with van der Waals surface area (Å²) < 4.78 is 5.26. The van der Waals surface area contributed by atoms with Crippen LogP contribution in [0.3, 0.4) is 0 Å². The first-order valence-electron chi connectivity index (χ1n) is 9.94. The van der Waals surface area contributed by atoms with Crippen molar-refractivity contribution in [3.05, 3.63) is 70.3 Å². The van der Waals surface area contributed by atoms with Gasteiger partial charge in [0.15, 0.2) is 12.4 Å². The Labute approximate surface area is 175 Å². The quantitative estimate of drug-likeness (QED) is 0.397. The molecule has 0 spiro atoms. The van der Waals surface area contributed by atoms with Gasteiger partial charge in [0.25, 0.3) is 11.8 Å². The normalized spacial score (nSPS) is 14.1. The molecule has 2 amide bonds. The molecular formula is C24H25NO5. The molecule has 1 aliphatic heterocycles. The Balaban J connectivity index is 1.76. The molecule has 0 radical (unpaired) electrons. The van der Waals surface area contributed by atoms with Gasteiger partial charge >= 0.3 is 5.97 Å². The van der Waals surface area contributed by atoms with E-state index in [2.05, 4.69) is 0 Å². The van der Waals surface area contributed by atoms with E-state index in [4.69, 9.17) is 4.74 Å². The minimum absolute atomic E-state index is 0.0299. The Morgan fingerprint density at radius 2 is 1.53 bits per heavy atom. The molecule has 0 saturated heterocycles. The first kappa shape index (κ1) is 21.4. The van der Waals surface area contributed by atoms with Crippen molar-refractivity contribution in [2.24, 2.45) is 5.92 Å². The van der Waals surface area contributed by atoms with Gasteiger partial charge in [-0.15, -0.1) is 0 Å². The Morgan fingerprint density at radius 1 is 0.933 bits per heavy atom. The first-order chi connectivity index (χ1) is 14.2. The Kier molecular flexibility index (Phi) is 6.15. The highest BCUT2D eigenvalue weighted by atomic mass is 16.5. The average molecular weight is 407 g/mol. The van der Waals surface area contributed by atoms with Crippen LogP contribution in [0.5, 0.6) is 0 Å². The van der Waals surface area contributed by atoms with E-state index in [-0.39, 0.29) is 29.2 Å². The Morgan fingerprint density at radius 3 is 2.07 bits per heavy atom. The number of Topliss-reactive ketones (excluding diaryl/α,β-unsaturated/α-hetero) is 1. The highest BCUT2D eigenvalue weighted by molar-refractivity contribution is 6.22. The van der Waals surface area contributed by atoms with Crippen molar-refractivity contribution >= 4 is 23.6 Å². The van der Waals surface area contributed by atoms with Gasteiger partial charge in [-0.3, -0.25) is 19.3 Å². The summed E-state index contributed by atoms with van der Waals surface area (Å²) in [6.07, 6.45) is 0.252. The summed E-state index contributed by atoms with van der Waals surface area (Å²) in [5.41, 5.74) is 3.03. The van der Waals surface area contributed by atoms with Crippen LogP contribution in [0.15, 0.2) is 42.5 Å². The van der Waals surface area contributed by atoms with Crippen LogP contribution >= 0.6 is 0 Å². The van der Waals surface area contributed by atoms with Gasteiger partial charge in [0.05, 0.1) is 11.1 Å². The predicted octanol–water partition coefficient (Wildman–Crippen LogP) is 3.74. The van der Waals surface area contributed by atoms with Crippen molar-refractivity contribution in [3.63, 3.8) is 0 Å². The number of fused-ring (bicyclic) bond motifs is 1. The molecule has 0 N–H and O–H groups in total. The number of ketones is 1. The fourth-order valence-electron chi connectivity index (χ4n) is 3.48. The molecule has 0 saturated carbocycles. The van der Waals surface area contributed by atoms with Gasteiger partial charge in [0.1, 0.15) is 6.04 Å². The minimum Gasteiger partial charge on any atom is -0.456 e. The van der Waals surface area contributed by atoms with E-state index < -0.39 is 30.4 Å². The number of nitrogens with zero attached hydrogens (tertiary/aromatic N) is 1. The summed E-state index contributed by atoms with van der Waals surface area (Å²) in [6.45, 7) is 7.18. The molecule has 0 bridgehead atoms. The molecular weight excluding hydrogens is 382 g/mol. The maximum Gasteiger partial charge on any atom is 0.329 e. The minimum atomic E-state index is -1.08. The maximum atomic E-state index is 12.8. The van der Waals surface area contributed by atoms with Gasteiger partial charge in [-0.2, -0.15) is 0 Å². The standard InChI is InChI=1S/C24H25NO5/c1-14(2)11-20(25-22(27)18-7-5-6-8-19(18)23(25)28)24(29)30-13-21(26)17-10-9-15(3)16(4)12-17/h5-10,12,14,20H,11,13H2,1-4H3. The largest absolute Gasteiger partial charge is 0.456 e. The van der Waals surface area contributed by atoms with Crippen molar-refractivity contribution < 1.29 is 23.9 Å². The van der Waals surface area contributed by atoms with Crippen LogP contribution in [0.4, 0.5) is 0 Å². The third-order valence-electron chi connectivity index (χ3n) is 5.28. The summed E-state index contributed by atoms with van der Waals surface area (Å²) >= 11 is 0. The van der Waals surface area contributed by atoms with Gasteiger partial charge in [-0.05, 0) is 55.5 Å². The second kappa shape index (κ2) is 8.61. The topological polar surface area (TPSA) is 80.8 Å². The summed E-state index contributed by atoms with van der Waals surface area (Å²) in [6, 6.07) is 10.7. The SMILES string of the molecule is Cc1ccc(C(=O)COC(=O)C(CC(C)C)N2C(=O)c3ccccc3C2=O)cc1C. The second-order valence-corrected chi connectivity index (χ2v) is 8.00. The van der Waals surface area contributed by atoms with Gasteiger partial charge in [-0.25, -0.2) is 4.79 Å². The highest BCUT2D eigenvalue weighted by Crippen LogP contribution is 2.27. The molecule has 0 fully saturated rings. The van der Waals surface area contributed by atoms with E-state index in [0.717, 1.165) is 16.0 Å². The molecule has 0 aromatic heterocycles. The molecule has 1 atom stereocenters. The molecule has 1 heterocycles. The van der Waals surface area contributed by atoms with Crippen LogP contribution in [-0.4, -0.2) is 41.1 Å². The van der Waals surface area contributed by atoms with E-state index in [0.29, 0.717) is 5.56 Å². The predicted molar refractivity (Wildman–Crippen MR) is 111 cm³/mol. The number of carbonyl (C=O) groups excluding carboxylic acids is 4. The zero-order valence-corrected chi connectivity index (χ0v) is 17.6. The number of aryl methyl sites for hydroxylation is 2. The van der Waals surface area contributed by atoms with Crippen LogP contribution in [0.1, 0.15) is 62.5 Å². The van der Waals surface area contributed by atoms with Crippen LogP contribution in [-0.2, 0) is 9.53 Å². The van der Waals surface area contributed by atoms with Gasteiger partial charge in [0.2, 0.25) is 0 Å². The monoisotopic (exact) mass is 407 g/mol. The van der Waals surface area contributed by atoms with Gasteiger partial charge < -0.3 is 4.74 Å². The van der Waals surface area contributed by atoms with Gasteiger partial charge in [0, 0.05) is 5.56 Å². The third kappa shape index (κ3) is 4.17. The van der Waals surface area contributed by atoms with Crippen molar-refractivity contribution in [3.8, 4) is 0 Å². The molecule has 30 heavy (non-hydrogen) atoms. The Hall–Kier alpha value is -3.28. The van der Waals surface area contributed by atoms with E-state index in [1.807, 2.05) is 33.8 Å². The molecule has 1 aliphatic rings. The Bertz CT molecular complexity index is 989. The van der Waals surface area contributed by atoms with E-state index in [9.17, 15) is 19.2 Å². The zero-order valence-electron chi connectivity index (χ0n) is 17.6. The molecule has 2 aromatic rings. The molecule has 6 nitrogen and oxygen atoms in total. The summed E-state index contributed by atoms with van der Waals surface area (Å²) in [7, 11) is 0. The lowest BCUT2D eigenvalue weighted by atomic mass is 10.0. The number of benzene rings is 2. The number of ether oxygens (including phenoxy) is 1. The number of amides is 2.